The maximum absolute atomic E-state index is 12.4. The molecule has 0 N–H and O–H groups in total. The van der Waals surface area contributed by atoms with Gasteiger partial charge in [0.1, 0.15) is 11.9 Å². The topological polar surface area (TPSA) is 88.2 Å². The van der Waals surface area contributed by atoms with Crippen molar-refractivity contribution in [1.29, 1.82) is 5.26 Å². The number of piperazine rings is 1. The minimum Gasteiger partial charge on any atom is -0.362 e. The molecule has 2 saturated heterocycles. The largest absolute Gasteiger partial charge is 0.362 e. The highest BCUT2D eigenvalue weighted by Crippen LogP contribution is 2.23. The Balaban J connectivity index is 1.41. The number of hydrogen-bond acceptors (Lipinski definition) is 7. The lowest BCUT2D eigenvalue weighted by atomic mass is 9.95. The van der Waals surface area contributed by atoms with Crippen molar-refractivity contribution >= 4 is 17.7 Å². The Morgan fingerprint density at radius 1 is 1.22 bits per heavy atom. The second-order valence-electron chi connectivity index (χ2n) is 7.21. The molecule has 0 saturated carbocycles. The first kappa shape index (κ1) is 17.6. The van der Waals surface area contributed by atoms with Gasteiger partial charge in [-0.15, -0.1) is 0 Å². The van der Waals surface area contributed by atoms with E-state index in [9.17, 15) is 10.1 Å². The molecule has 2 fully saturated rings. The lowest BCUT2D eigenvalue weighted by Crippen LogP contribution is -2.51. The van der Waals surface area contributed by atoms with E-state index in [1.165, 1.54) is 0 Å². The Bertz CT molecular complexity index is 833. The summed E-state index contributed by atoms with van der Waals surface area (Å²) in [6, 6.07) is 5.79. The fourth-order valence-electron chi connectivity index (χ4n) is 3.87. The Labute approximate surface area is 158 Å². The minimum absolute atomic E-state index is 0.0591. The molecule has 1 aromatic rings. The van der Waals surface area contributed by atoms with Crippen molar-refractivity contribution in [3.63, 3.8) is 0 Å². The third-order valence-electron chi connectivity index (χ3n) is 5.45. The summed E-state index contributed by atoms with van der Waals surface area (Å²) in [6.45, 7) is 4.74. The molecule has 140 valence electrons. The van der Waals surface area contributed by atoms with Gasteiger partial charge in [-0.05, 0) is 25.0 Å². The molecule has 1 unspecified atom stereocenters. The summed E-state index contributed by atoms with van der Waals surface area (Å²) in [5.41, 5.74) is 1.44. The van der Waals surface area contributed by atoms with Crippen LogP contribution in [0.4, 0.5) is 0 Å². The third-order valence-corrected chi connectivity index (χ3v) is 5.45. The summed E-state index contributed by atoms with van der Waals surface area (Å²) >= 11 is 0. The van der Waals surface area contributed by atoms with Gasteiger partial charge >= 0.3 is 0 Å². The van der Waals surface area contributed by atoms with Gasteiger partial charge in [-0.2, -0.15) is 15.2 Å². The number of nitriles is 1. The van der Waals surface area contributed by atoms with Crippen LogP contribution < -0.4 is 0 Å². The number of amides is 1. The summed E-state index contributed by atoms with van der Waals surface area (Å²) in [6.07, 6.45) is 3.58. The van der Waals surface area contributed by atoms with Gasteiger partial charge in [-0.3, -0.25) is 14.7 Å². The molecule has 8 nitrogen and oxygen atoms in total. The Hall–Kier alpha value is -2.79. The van der Waals surface area contributed by atoms with Crippen LogP contribution >= 0.6 is 0 Å². The zero-order valence-electron chi connectivity index (χ0n) is 15.5. The Morgan fingerprint density at radius 3 is 2.81 bits per heavy atom. The number of likely N-dealkylation sites (tertiary alicyclic amines) is 1. The van der Waals surface area contributed by atoms with Gasteiger partial charge in [0.2, 0.25) is 5.96 Å². The number of carbonyl (C=O) groups is 1. The van der Waals surface area contributed by atoms with Gasteiger partial charge in [0, 0.05) is 52.5 Å². The maximum Gasteiger partial charge on any atom is 0.259 e. The fraction of sp³-hybridized carbons (Fsp3) is 0.526. The van der Waals surface area contributed by atoms with Gasteiger partial charge in [0.15, 0.2) is 0 Å². The zero-order valence-corrected chi connectivity index (χ0v) is 15.5. The zero-order chi connectivity index (χ0) is 18.8. The van der Waals surface area contributed by atoms with Gasteiger partial charge in [-0.1, -0.05) is 0 Å². The first-order chi connectivity index (χ1) is 13.2. The van der Waals surface area contributed by atoms with Crippen LogP contribution in [0.5, 0.6) is 0 Å². The molecule has 8 heteroatoms. The molecule has 3 aliphatic rings. The quantitative estimate of drug-likeness (QED) is 0.767. The van der Waals surface area contributed by atoms with Crippen LogP contribution in [0.1, 0.15) is 24.1 Å². The average molecular weight is 365 g/mol. The van der Waals surface area contributed by atoms with Crippen LogP contribution in [0.15, 0.2) is 28.3 Å². The highest BCUT2D eigenvalue weighted by molar-refractivity contribution is 6.14. The van der Waals surface area contributed by atoms with Crippen LogP contribution in [0.2, 0.25) is 0 Å². The number of amidine groups is 1. The first-order valence-corrected chi connectivity index (χ1v) is 9.39. The number of hydrogen-bond donors (Lipinski definition) is 0. The van der Waals surface area contributed by atoms with Crippen LogP contribution in [-0.4, -0.2) is 77.2 Å². The summed E-state index contributed by atoms with van der Waals surface area (Å²) in [7, 11) is 2.00. The molecule has 0 radical (unpaired) electrons. The number of carbonyl (C=O) groups excluding carboxylic acids is 1. The number of pyridine rings is 1. The molecule has 1 amide bonds. The van der Waals surface area contributed by atoms with Crippen molar-refractivity contribution in [1.82, 2.24) is 19.7 Å². The van der Waals surface area contributed by atoms with Crippen LogP contribution in [0.25, 0.3) is 0 Å². The van der Waals surface area contributed by atoms with Gasteiger partial charge in [-0.25, -0.2) is 0 Å². The molecule has 27 heavy (non-hydrogen) atoms. The molecule has 0 bridgehead atoms. The number of guanidine groups is 1. The normalized spacial score (nSPS) is 23.4. The number of piperidine rings is 1. The average Bonchev–Trinajstić information content (AvgIpc) is 2.70. The molecule has 4 rings (SSSR count). The monoisotopic (exact) mass is 365 g/mol. The van der Waals surface area contributed by atoms with Gasteiger partial charge in [0.25, 0.3) is 5.91 Å². The Kier molecular flexibility index (Phi) is 4.86. The van der Waals surface area contributed by atoms with Crippen LogP contribution in [-0.2, 0) is 11.3 Å². The molecule has 0 aliphatic carbocycles. The van der Waals surface area contributed by atoms with Crippen LogP contribution in [0, 0.1) is 17.2 Å². The fourth-order valence-corrected chi connectivity index (χ4v) is 3.87. The van der Waals surface area contributed by atoms with Crippen molar-refractivity contribution in [2.45, 2.75) is 19.4 Å². The number of aromatic nitrogens is 1. The second-order valence-corrected chi connectivity index (χ2v) is 7.21. The van der Waals surface area contributed by atoms with Crippen molar-refractivity contribution in [2.24, 2.45) is 15.9 Å². The van der Waals surface area contributed by atoms with Gasteiger partial charge in [0.05, 0.1) is 17.2 Å². The van der Waals surface area contributed by atoms with Crippen molar-refractivity contribution in [3.05, 3.63) is 29.6 Å². The van der Waals surface area contributed by atoms with E-state index < -0.39 is 0 Å². The molecule has 0 spiro atoms. The van der Waals surface area contributed by atoms with E-state index in [-0.39, 0.29) is 11.8 Å². The Morgan fingerprint density at radius 2 is 2.04 bits per heavy atom. The molecule has 4 heterocycles. The summed E-state index contributed by atoms with van der Waals surface area (Å²) < 4.78 is 0. The molecule has 0 aromatic carbocycles. The smallest absolute Gasteiger partial charge is 0.259 e. The number of rotatable bonds is 2. The molecule has 1 aromatic heterocycles. The molecular formula is C19H23N7O. The first-order valence-electron chi connectivity index (χ1n) is 9.39. The van der Waals surface area contributed by atoms with Crippen molar-refractivity contribution < 1.29 is 4.79 Å². The number of nitrogens with zero attached hydrogens (tertiary/aromatic N) is 7. The predicted octanol–water partition coefficient (Wildman–Crippen LogP) is 0.707. The summed E-state index contributed by atoms with van der Waals surface area (Å²) in [5.74, 6) is 1.19. The van der Waals surface area contributed by atoms with E-state index in [1.807, 2.05) is 7.05 Å². The van der Waals surface area contributed by atoms with Crippen molar-refractivity contribution in [3.8, 4) is 6.07 Å². The molecule has 1 atom stereocenters. The minimum atomic E-state index is -0.164. The van der Waals surface area contributed by atoms with E-state index in [0.29, 0.717) is 18.1 Å². The van der Waals surface area contributed by atoms with Crippen molar-refractivity contribution in [2.75, 3.05) is 39.8 Å². The maximum atomic E-state index is 12.4. The molecular weight excluding hydrogens is 342 g/mol. The third kappa shape index (κ3) is 3.55. The standard InChI is InChI=1S/C19H23N7O/c1-24-7-3-5-15-17(24)22-19(23-18(15)27)26-10-8-25(9-11-26)13-16-14(12-20)4-2-6-21-16/h2,4,6,15H,3,5,7-11,13H2,1H3. The van der Waals surface area contributed by atoms with E-state index >= 15 is 0 Å². The second kappa shape index (κ2) is 7.45. The highest BCUT2D eigenvalue weighted by Gasteiger charge is 2.35. The predicted molar refractivity (Wildman–Crippen MR) is 101 cm³/mol. The lowest BCUT2D eigenvalue weighted by molar-refractivity contribution is -0.120. The van der Waals surface area contributed by atoms with Gasteiger partial charge < -0.3 is 9.80 Å². The van der Waals surface area contributed by atoms with Crippen LogP contribution in [0.3, 0.4) is 0 Å². The summed E-state index contributed by atoms with van der Waals surface area (Å²) in [5, 5.41) is 9.22. The molecule has 3 aliphatic heterocycles. The van der Waals surface area contributed by atoms with E-state index in [1.54, 1.807) is 18.3 Å². The van der Waals surface area contributed by atoms with E-state index in [2.05, 4.69) is 30.7 Å². The summed E-state index contributed by atoms with van der Waals surface area (Å²) in [4.78, 5) is 32.2. The number of aliphatic imine (C=N–C) groups is 2. The highest BCUT2D eigenvalue weighted by atomic mass is 16.1. The van der Waals surface area contributed by atoms with E-state index in [0.717, 1.165) is 57.1 Å². The van der Waals surface area contributed by atoms with E-state index in [4.69, 9.17) is 4.99 Å². The SMILES string of the molecule is CN1CCCC2C(=O)N=C(N3CCN(Cc4ncccc4C#N)CC3)N=C21. The number of fused-ring (bicyclic) bond motifs is 1. The lowest BCUT2D eigenvalue weighted by Gasteiger charge is -2.38.